The molecular formula is C15H23NO. The van der Waals surface area contributed by atoms with Gasteiger partial charge in [-0.3, -0.25) is 0 Å². The van der Waals surface area contributed by atoms with Crippen LogP contribution in [0.4, 0.5) is 0 Å². The Morgan fingerprint density at radius 1 is 1.24 bits per heavy atom. The molecule has 1 aliphatic rings. The number of rotatable bonds is 4. The van der Waals surface area contributed by atoms with Crippen molar-refractivity contribution in [1.29, 1.82) is 0 Å². The van der Waals surface area contributed by atoms with Crippen molar-refractivity contribution in [3.05, 3.63) is 35.4 Å². The third-order valence-corrected chi connectivity index (χ3v) is 3.83. The largest absolute Gasteiger partial charge is 0.388 e. The summed E-state index contributed by atoms with van der Waals surface area (Å²) in [5.74, 6) is 0. The van der Waals surface area contributed by atoms with Crippen LogP contribution in [-0.2, 0) is 0 Å². The highest BCUT2D eigenvalue weighted by atomic mass is 16.3. The summed E-state index contributed by atoms with van der Waals surface area (Å²) in [6.07, 6.45) is 4.12. The summed E-state index contributed by atoms with van der Waals surface area (Å²) in [5, 5.41) is 14.2. The van der Waals surface area contributed by atoms with Gasteiger partial charge in [-0.2, -0.15) is 0 Å². The molecule has 1 atom stereocenters. The number of aliphatic hydroxyl groups is 1. The molecule has 1 aromatic carbocycles. The molecule has 0 spiro atoms. The van der Waals surface area contributed by atoms with Gasteiger partial charge in [0.1, 0.15) is 0 Å². The Kier molecular flexibility index (Phi) is 3.85. The van der Waals surface area contributed by atoms with Crippen LogP contribution >= 0.6 is 0 Å². The van der Waals surface area contributed by atoms with E-state index in [2.05, 4.69) is 43.4 Å². The van der Waals surface area contributed by atoms with Crippen molar-refractivity contribution in [3.8, 4) is 0 Å². The van der Waals surface area contributed by atoms with Crippen molar-refractivity contribution in [3.63, 3.8) is 0 Å². The van der Waals surface area contributed by atoms with Crippen LogP contribution in [-0.4, -0.2) is 17.3 Å². The van der Waals surface area contributed by atoms with Crippen LogP contribution < -0.4 is 5.32 Å². The zero-order chi connectivity index (χ0) is 12.3. The summed E-state index contributed by atoms with van der Waals surface area (Å²) < 4.78 is 0. The maximum Gasteiger partial charge on any atom is 0.0841 e. The number of aryl methyl sites for hydroxylation is 1. The maximum atomic E-state index is 10.7. The smallest absolute Gasteiger partial charge is 0.0841 e. The molecule has 2 heteroatoms. The van der Waals surface area contributed by atoms with Gasteiger partial charge < -0.3 is 10.4 Å². The summed E-state index contributed by atoms with van der Waals surface area (Å²) in [6, 6.07) is 8.60. The minimum absolute atomic E-state index is 0.0793. The minimum Gasteiger partial charge on any atom is -0.388 e. The number of hydrogen-bond acceptors (Lipinski definition) is 2. The Balaban J connectivity index is 2.24. The summed E-state index contributed by atoms with van der Waals surface area (Å²) in [5.41, 5.74) is 1.93. The summed E-state index contributed by atoms with van der Waals surface area (Å²) in [4.78, 5) is 0. The Morgan fingerprint density at radius 2 is 1.82 bits per heavy atom. The number of benzene rings is 1. The van der Waals surface area contributed by atoms with Gasteiger partial charge >= 0.3 is 0 Å². The molecule has 1 aromatic rings. The van der Waals surface area contributed by atoms with E-state index in [-0.39, 0.29) is 6.04 Å². The van der Waals surface area contributed by atoms with Crippen molar-refractivity contribution in [2.24, 2.45) is 0 Å². The molecular weight excluding hydrogens is 210 g/mol. The summed E-state index contributed by atoms with van der Waals surface area (Å²) in [6.45, 7) is 5.08. The highest BCUT2D eigenvalue weighted by Crippen LogP contribution is 2.39. The molecule has 0 heterocycles. The predicted molar refractivity (Wildman–Crippen MR) is 71.0 cm³/mol. The molecule has 1 fully saturated rings. The fraction of sp³-hybridized carbons (Fsp3) is 0.600. The lowest BCUT2D eigenvalue weighted by molar-refractivity contribution is 0.00752. The molecule has 1 aliphatic carbocycles. The van der Waals surface area contributed by atoms with E-state index in [4.69, 9.17) is 0 Å². The van der Waals surface area contributed by atoms with Crippen LogP contribution in [0.25, 0.3) is 0 Å². The Bertz CT molecular complexity index is 352. The Morgan fingerprint density at radius 3 is 2.35 bits per heavy atom. The molecule has 0 amide bonds. The van der Waals surface area contributed by atoms with Crippen LogP contribution in [0.2, 0.25) is 0 Å². The van der Waals surface area contributed by atoms with Crippen LogP contribution in [0, 0.1) is 6.92 Å². The molecule has 0 aromatic heterocycles. The normalized spacial score (nSPS) is 20.4. The first-order chi connectivity index (χ1) is 8.15. The van der Waals surface area contributed by atoms with E-state index < -0.39 is 5.60 Å². The van der Waals surface area contributed by atoms with Gasteiger partial charge in [-0.05, 0) is 31.9 Å². The van der Waals surface area contributed by atoms with Crippen molar-refractivity contribution in [1.82, 2.24) is 5.32 Å². The molecule has 0 aliphatic heterocycles. The summed E-state index contributed by atoms with van der Waals surface area (Å²) in [7, 11) is 0. The van der Waals surface area contributed by atoms with Gasteiger partial charge in [-0.15, -0.1) is 0 Å². The average Bonchev–Trinajstić information content (AvgIpc) is 2.75. The molecule has 17 heavy (non-hydrogen) atoms. The molecule has 2 nitrogen and oxygen atoms in total. The van der Waals surface area contributed by atoms with Crippen LogP contribution in [0.1, 0.15) is 49.8 Å². The van der Waals surface area contributed by atoms with Gasteiger partial charge in [0.15, 0.2) is 0 Å². The van der Waals surface area contributed by atoms with Crippen LogP contribution in [0.3, 0.4) is 0 Å². The monoisotopic (exact) mass is 233 g/mol. The molecule has 0 saturated heterocycles. The third-order valence-electron chi connectivity index (χ3n) is 3.83. The molecule has 0 radical (unpaired) electrons. The van der Waals surface area contributed by atoms with Gasteiger partial charge in [0.25, 0.3) is 0 Å². The minimum atomic E-state index is -0.550. The van der Waals surface area contributed by atoms with Crippen LogP contribution in [0.5, 0.6) is 0 Å². The highest BCUT2D eigenvalue weighted by molar-refractivity contribution is 5.26. The standard InChI is InChI=1S/C15H23NO/c1-3-16-14(15(17)10-4-5-11-15)13-8-6-12(2)7-9-13/h6-9,14,16-17H,3-5,10-11H2,1-2H3. The fourth-order valence-electron chi connectivity index (χ4n) is 2.86. The SMILES string of the molecule is CCNC(c1ccc(C)cc1)C1(O)CCCC1. The number of hydrogen-bond donors (Lipinski definition) is 2. The van der Waals surface area contributed by atoms with Gasteiger partial charge in [-0.25, -0.2) is 0 Å². The fourth-order valence-corrected chi connectivity index (χ4v) is 2.86. The number of likely N-dealkylation sites (N-methyl/N-ethyl adjacent to an activating group) is 1. The Labute approximate surface area is 104 Å². The average molecular weight is 233 g/mol. The predicted octanol–water partition coefficient (Wildman–Crippen LogP) is 2.95. The van der Waals surface area contributed by atoms with E-state index >= 15 is 0 Å². The lowest BCUT2D eigenvalue weighted by atomic mass is 9.86. The van der Waals surface area contributed by atoms with Gasteiger partial charge in [0, 0.05) is 0 Å². The molecule has 1 saturated carbocycles. The van der Waals surface area contributed by atoms with Crippen molar-refractivity contribution in [2.45, 2.75) is 51.2 Å². The molecule has 1 unspecified atom stereocenters. The maximum absolute atomic E-state index is 10.7. The van der Waals surface area contributed by atoms with E-state index in [1.165, 1.54) is 11.1 Å². The molecule has 2 rings (SSSR count). The lowest BCUT2D eigenvalue weighted by Gasteiger charge is -2.33. The zero-order valence-electron chi connectivity index (χ0n) is 10.9. The van der Waals surface area contributed by atoms with E-state index in [1.807, 2.05) is 0 Å². The van der Waals surface area contributed by atoms with Gasteiger partial charge in [0.05, 0.1) is 11.6 Å². The van der Waals surface area contributed by atoms with E-state index in [9.17, 15) is 5.11 Å². The summed E-state index contributed by atoms with van der Waals surface area (Å²) >= 11 is 0. The van der Waals surface area contributed by atoms with Crippen molar-refractivity contribution >= 4 is 0 Å². The highest BCUT2D eigenvalue weighted by Gasteiger charge is 2.39. The quantitative estimate of drug-likeness (QED) is 0.838. The van der Waals surface area contributed by atoms with Crippen molar-refractivity contribution < 1.29 is 5.11 Å². The van der Waals surface area contributed by atoms with Gasteiger partial charge in [-0.1, -0.05) is 49.6 Å². The first-order valence-electron chi connectivity index (χ1n) is 6.68. The topological polar surface area (TPSA) is 32.3 Å². The van der Waals surface area contributed by atoms with E-state index in [1.54, 1.807) is 0 Å². The lowest BCUT2D eigenvalue weighted by Crippen LogP contribution is -2.41. The number of nitrogens with one attached hydrogen (secondary N) is 1. The second-order valence-corrected chi connectivity index (χ2v) is 5.21. The second kappa shape index (κ2) is 5.19. The first-order valence-corrected chi connectivity index (χ1v) is 6.68. The van der Waals surface area contributed by atoms with Gasteiger partial charge in [0.2, 0.25) is 0 Å². The van der Waals surface area contributed by atoms with E-state index in [0.29, 0.717) is 0 Å². The zero-order valence-corrected chi connectivity index (χ0v) is 10.9. The van der Waals surface area contributed by atoms with E-state index in [0.717, 1.165) is 32.2 Å². The van der Waals surface area contributed by atoms with Crippen LogP contribution in [0.15, 0.2) is 24.3 Å². The first kappa shape index (κ1) is 12.6. The third kappa shape index (κ3) is 2.70. The Hall–Kier alpha value is -0.860. The second-order valence-electron chi connectivity index (χ2n) is 5.21. The molecule has 0 bridgehead atoms. The molecule has 94 valence electrons. The van der Waals surface area contributed by atoms with Crippen molar-refractivity contribution in [2.75, 3.05) is 6.54 Å². The molecule has 2 N–H and O–H groups in total.